The lowest BCUT2D eigenvalue weighted by atomic mass is 10.1. The summed E-state index contributed by atoms with van der Waals surface area (Å²) >= 11 is 0. The second kappa shape index (κ2) is 4.18. The fraction of sp³-hybridized carbons (Fsp3) is 0.556. The van der Waals surface area contributed by atoms with Gasteiger partial charge in [-0.25, -0.2) is 9.18 Å². The van der Waals surface area contributed by atoms with Gasteiger partial charge in [0.25, 0.3) is 0 Å². The van der Waals surface area contributed by atoms with Crippen molar-refractivity contribution < 1.29 is 14.2 Å². The van der Waals surface area contributed by atoms with Gasteiger partial charge in [-0.1, -0.05) is 0 Å². The van der Waals surface area contributed by atoms with Gasteiger partial charge in [-0.05, 0) is 6.07 Å². The first kappa shape index (κ1) is 11.0. The summed E-state index contributed by atoms with van der Waals surface area (Å²) in [6, 6.07) is 1.39. The number of nitrogens with two attached hydrogens (primary N) is 1. The third kappa shape index (κ3) is 1.79. The van der Waals surface area contributed by atoms with Gasteiger partial charge in [0, 0.05) is 12.1 Å². The summed E-state index contributed by atoms with van der Waals surface area (Å²) < 4.78 is 19.9. The number of nitrogens with zero attached hydrogens (tertiary/aromatic N) is 2. The number of aliphatic hydroxyl groups is 1. The Labute approximate surface area is 90.5 Å². The second-order valence-corrected chi connectivity index (χ2v) is 3.65. The Morgan fingerprint density at radius 2 is 2.50 bits per heavy atom. The Bertz CT molecular complexity index is 436. The lowest BCUT2D eigenvalue weighted by molar-refractivity contribution is 0.0177. The molecule has 88 valence electrons. The molecule has 3 N–H and O–H groups in total. The van der Waals surface area contributed by atoms with E-state index in [1.807, 2.05) is 0 Å². The van der Waals surface area contributed by atoms with Crippen molar-refractivity contribution in [3.63, 3.8) is 0 Å². The molecule has 0 saturated carbocycles. The number of nitrogen functional groups attached to an aromatic ring is 1. The van der Waals surface area contributed by atoms with Gasteiger partial charge in [-0.15, -0.1) is 0 Å². The normalized spacial score (nSPS) is 29.5. The van der Waals surface area contributed by atoms with Gasteiger partial charge in [-0.2, -0.15) is 4.98 Å². The number of aromatic nitrogens is 2. The zero-order valence-corrected chi connectivity index (χ0v) is 8.41. The van der Waals surface area contributed by atoms with E-state index in [0.29, 0.717) is 0 Å². The Balaban J connectivity index is 2.29. The van der Waals surface area contributed by atoms with Gasteiger partial charge in [-0.3, -0.25) is 4.57 Å². The fourth-order valence-electron chi connectivity index (χ4n) is 1.65. The molecule has 1 fully saturated rings. The van der Waals surface area contributed by atoms with Crippen molar-refractivity contribution in [1.82, 2.24) is 9.55 Å². The summed E-state index contributed by atoms with van der Waals surface area (Å²) in [4.78, 5) is 14.9. The number of ether oxygens (including phenoxy) is 1. The molecule has 2 rings (SSSR count). The Morgan fingerprint density at radius 1 is 1.75 bits per heavy atom. The first-order chi connectivity index (χ1) is 7.63. The van der Waals surface area contributed by atoms with Crippen LogP contribution < -0.4 is 11.4 Å². The van der Waals surface area contributed by atoms with Crippen LogP contribution in [0.25, 0.3) is 0 Å². The van der Waals surface area contributed by atoms with Crippen LogP contribution in [-0.2, 0) is 4.74 Å². The summed E-state index contributed by atoms with van der Waals surface area (Å²) in [6.07, 6.45) is -1.12. The predicted molar refractivity (Wildman–Crippen MR) is 53.4 cm³/mol. The third-order valence-corrected chi connectivity index (χ3v) is 2.56. The molecule has 1 aromatic heterocycles. The minimum absolute atomic E-state index is 0.0772. The van der Waals surface area contributed by atoms with Gasteiger partial charge in [0.2, 0.25) is 0 Å². The van der Waals surface area contributed by atoms with Crippen molar-refractivity contribution in [2.24, 2.45) is 5.92 Å². The third-order valence-electron chi connectivity index (χ3n) is 2.56. The van der Waals surface area contributed by atoms with E-state index in [-0.39, 0.29) is 19.0 Å². The van der Waals surface area contributed by atoms with E-state index in [9.17, 15) is 9.18 Å². The molecule has 0 amide bonds. The van der Waals surface area contributed by atoms with Crippen LogP contribution in [0.5, 0.6) is 0 Å². The summed E-state index contributed by atoms with van der Waals surface area (Å²) in [6.45, 7) is -0.228. The van der Waals surface area contributed by atoms with Gasteiger partial charge in [0.1, 0.15) is 5.82 Å². The largest absolute Gasteiger partial charge is 0.396 e. The van der Waals surface area contributed by atoms with Crippen LogP contribution in [0.2, 0.25) is 0 Å². The highest BCUT2D eigenvalue weighted by atomic mass is 19.1. The number of rotatable bonds is 2. The summed E-state index contributed by atoms with van der Waals surface area (Å²) in [5.74, 6) is -0.525. The van der Waals surface area contributed by atoms with E-state index < -0.39 is 24.0 Å². The van der Waals surface area contributed by atoms with Crippen LogP contribution in [0.4, 0.5) is 10.2 Å². The maximum Gasteiger partial charge on any atom is 0.351 e. The van der Waals surface area contributed by atoms with Crippen molar-refractivity contribution in [3.8, 4) is 0 Å². The number of hydrogen-bond donors (Lipinski definition) is 2. The highest BCUT2D eigenvalue weighted by molar-refractivity contribution is 5.23. The number of anilines is 1. The van der Waals surface area contributed by atoms with Crippen molar-refractivity contribution >= 4 is 5.82 Å². The van der Waals surface area contributed by atoms with E-state index in [1.54, 1.807) is 0 Å². The molecule has 16 heavy (non-hydrogen) atoms. The minimum atomic E-state index is -1.42. The smallest absolute Gasteiger partial charge is 0.351 e. The van der Waals surface area contributed by atoms with Gasteiger partial charge in [0.15, 0.2) is 12.4 Å². The summed E-state index contributed by atoms with van der Waals surface area (Å²) in [5, 5.41) is 8.87. The lowest BCUT2D eigenvalue weighted by Gasteiger charge is -2.16. The van der Waals surface area contributed by atoms with Crippen LogP contribution >= 0.6 is 0 Å². The molecule has 1 aliphatic heterocycles. The molecule has 6 nitrogen and oxygen atoms in total. The van der Waals surface area contributed by atoms with E-state index in [4.69, 9.17) is 15.6 Å². The van der Waals surface area contributed by atoms with Crippen molar-refractivity contribution in [1.29, 1.82) is 0 Å². The lowest BCUT2D eigenvalue weighted by Crippen LogP contribution is -2.32. The predicted octanol–water partition coefficient (Wildman–Crippen LogP) is -0.699. The molecule has 1 aliphatic rings. The van der Waals surface area contributed by atoms with E-state index >= 15 is 0 Å². The highest BCUT2D eigenvalue weighted by Crippen LogP contribution is 2.29. The second-order valence-electron chi connectivity index (χ2n) is 3.65. The minimum Gasteiger partial charge on any atom is -0.396 e. The molecule has 0 spiro atoms. The molecule has 0 aliphatic carbocycles. The topological polar surface area (TPSA) is 90.4 Å². The molecule has 2 heterocycles. The molecule has 1 saturated heterocycles. The molecule has 0 aromatic carbocycles. The van der Waals surface area contributed by atoms with E-state index in [1.165, 1.54) is 12.3 Å². The zero-order valence-electron chi connectivity index (χ0n) is 8.41. The maximum atomic E-state index is 13.7. The van der Waals surface area contributed by atoms with Crippen LogP contribution in [0.3, 0.4) is 0 Å². The number of aliphatic hydroxyl groups excluding tert-OH is 1. The Kier molecular flexibility index (Phi) is 2.88. The SMILES string of the molecule is Nc1ccn([C@H]2OC[C@@H](CO)[C@@H]2F)c(=O)n1. The molecule has 0 unspecified atom stereocenters. The van der Waals surface area contributed by atoms with Gasteiger partial charge < -0.3 is 15.6 Å². The van der Waals surface area contributed by atoms with E-state index in [2.05, 4.69) is 4.98 Å². The Morgan fingerprint density at radius 3 is 3.06 bits per heavy atom. The summed E-state index contributed by atoms with van der Waals surface area (Å²) in [5.41, 5.74) is 4.65. The first-order valence-corrected chi connectivity index (χ1v) is 4.84. The summed E-state index contributed by atoms with van der Waals surface area (Å²) in [7, 11) is 0. The first-order valence-electron chi connectivity index (χ1n) is 4.84. The molecular formula is C9H12FN3O3. The quantitative estimate of drug-likeness (QED) is 0.700. The van der Waals surface area contributed by atoms with Crippen LogP contribution in [0.15, 0.2) is 17.1 Å². The fourth-order valence-corrected chi connectivity index (χ4v) is 1.65. The number of alkyl halides is 1. The van der Waals surface area contributed by atoms with Crippen molar-refractivity contribution in [2.75, 3.05) is 18.9 Å². The van der Waals surface area contributed by atoms with Crippen molar-refractivity contribution in [2.45, 2.75) is 12.4 Å². The average molecular weight is 229 g/mol. The highest BCUT2D eigenvalue weighted by Gasteiger charge is 2.38. The Hall–Kier alpha value is -1.47. The van der Waals surface area contributed by atoms with E-state index in [0.717, 1.165) is 4.57 Å². The van der Waals surface area contributed by atoms with Crippen LogP contribution in [-0.4, -0.2) is 34.0 Å². The van der Waals surface area contributed by atoms with Crippen LogP contribution in [0, 0.1) is 5.92 Å². The monoisotopic (exact) mass is 229 g/mol. The molecule has 3 atom stereocenters. The standard InChI is InChI=1S/C9H12FN3O3/c10-7-5(3-14)4-16-8(7)13-2-1-6(11)12-9(13)15/h1-2,5,7-8,14H,3-4H2,(H2,11,12,15)/t5-,7+,8+/m1/s1. The van der Waals surface area contributed by atoms with Crippen molar-refractivity contribution in [3.05, 3.63) is 22.7 Å². The maximum absolute atomic E-state index is 13.7. The number of hydrogen-bond acceptors (Lipinski definition) is 5. The molecule has 0 radical (unpaired) electrons. The average Bonchev–Trinajstić information content (AvgIpc) is 2.60. The molecular weight excluding hydrogens is 217 g/mol. The molecule has 0 bridgehead atoms. The molecule has 1 aromatic rings. The van der Waals surface area contributed by atoms with Gasteiger partial charge in [0.05, 0.1) is 13.2 Å². The zero-order chi connectivity index (χ0) is 11.7. The molecule has 7 heteroatoms. The van der Waals surface area contributed by atoms with Gasteiger partial charge >= 0.3 is 5.69 Å². The number of halogens is 1. The van der Waals surface area contributed by atoms with Crippen LogP contribution in [0.1, 0.15) is 6.23 Å².